The highest BCUT2D eigenvalue weighted by atomic mass is 35.5. The molecule has 0 aromatic heterocycles. The van der Waals surface area contributed by atoms with Crippen molar-refractivity contribution in [3.8, 4) is 0 Å². The predicted octanol–water partition coefficient (Wildman–Crippen LogP) is 3.21. The lowest BCUT2D eigenvalue weighted by atomic mass is 9.92. The Morgan fingerprint density at radius 3 is 2.42 bits per heavy atom. The maximum Gasteiger partial charge on any atom is 0.227 e. The van der Waals surface area contributed by atoms with Gasteiger partial charge < -0.3 is 10.6 Å². The summed E-state index contributed by atoms with van der Waals surface area (Å²) in [5.74, 6) is 0.929. The van der Waals surface area contributed by atoms with Gasteiger partial charge in [0.1, 0.15) is 0 Å². The molecule has 1 aliphatic rings. The first-order chi connectivity index (χ1) is 8.43. The number of hydrogen-bond donors (Lipinski definition) is 1. The van der Waals surface area contributed by atoms with Gasteiger partial charge >= 0.3 is 0 Å². The lowest BCUT2D eigenvalue weighted by Gasteiger charge is -2.38. The predicted molar refractivity (Wildman–Crippen MR) is 83.5 cm³/mol. The van der Waals surface area contributed by atoms with Crippen LogP contribution in [0, 0.1) is 11.8 Å². The number of nitrogens with zero attached hydrogens (tertiary/aromatic N) is 1. The average Bonchev–Trinajstić information content (AvgIpc) is 2.34. The molecule has 1 saturated heterocycles. The van der Waals surface area contributed by atoms with Crippen molar-refractivity contribution < 1.29 is 4.79 Å². The first-order valence-electron chi connectivity index (χ1n) is 7.49. The van der Waals surface area contributed by atoms with E-state index in [9.17, 15) is 4.79 Å². The fourth-order valence-electron chi connectivity index (χ4n) is 2.60. The molecule has 3 nitrogen and oxygen atoms in total. The van der Waals surface area contributed by atoms with E-state index in [2.05, 4.69) is 18.7 Å². The van der Waals surface area contributed by atoms with Gasteiger partial charge in [-0.2, -0.15) is 0 Å². The number of piperidine rings is 1. The Labute approximate surface area is 124 Å². The molecule has 0 saturated carbocycles. The molecule has 0 radical (unpaired) electrons. The third-order valence-electron chi connectivity index (χ3n) is 4.17. The minimum atomic E-state index is -0.0513. The van der Waals surface area contributed by atoms with Gasteiger partial charge in [-0.25, -0.2) is 0 Å². The molecule has 1 amide bonds. The van der Waals surface area contributed by atoms with Crippen molar-refractivity contribution in [3.63, 3.8) is 0 Å². The zero-order valence-electron chi connectivity index (χ0n) is 12.9. The molecule has 1 heterocycles. The summed E-state index contributed by atoms with van der Waals surface area (Å²) in [6.07, 6.45) is 5.94. The topological polar surface area (TPSA) is 46.3 Å². The summed E-state index contributed by atoms with van der Waals surface area (Å²) in [4.78, 5) is 14.6. The summed E-state index contributed by atoms with van der Waals surface area (Å²) in [7, 11) is 0. The molecular formula is C15H31ClN2O. The maximum atomic E-state index is 12.4. The number of hydrogen-bond acceptors (Lipinski definition) is 2. The summed E-state index contributed by atoms with van der Waals surface area (Å²) in [5.41, 5.74) is 5.86. The van der Waals surface area contributed by atoms with E-state index in [-0.39, 0.29) is 30.3 Å². The number of rotatable bonds is 5. The lowest BCUT2D eigenvalue weighted by Crippen LogP contribution is -2.49. The van der Waals surface area contributed by atoms with Crippen LogP contribution in [0.5, 0.6) is 0 Å². The van der Waals surface area contributed by atoms with Crippen molar-refractivity contribution in [1.82, 2.24) is 4.90 Å². The molecule has 1 aliphatic heterocycles. The van der Waals surface area contributed by atoms with Crippen LogP contribution in [0.1, 0.15) is 59.8 Å². The minimum absolute atomic E-state index is 0. The Bertz CT molecular complexity index is 269. The maximum absolute atomic E-state index is 12.4. The summed E-state index contributed by atoms with van der Waals surface area (Å²) in [6.45, 7) is 9.31. The summed E-state index contributed by atoms with van der Waals surface area (Å²) >= 11 is 0. The monoisotopic (exact) mass is 290 g/mol. The first-order valence-corrected chi connectivity index (χ1v) is 7.49. The molecule has 19 heavy (non-hydrogen) atoms. The molecule has 0 aromatic carbocycles. The number of amides is 1. The van der Waals surface area contributed by atoms with E-state index in [1.54, 1.807) is 0 Å². The van der Waals surface area contributed by atoms with Gasteiger partial charge in [0.15, 0.2) is 0 Å². The first kappa shape index (κ1) is 18.7. The van der Waals surface area contributed by atoms with Crippen LogP contribution in [-0.4, -0.2) is 29.4 Å². The van der Waals surface area contributed by atoms with Gasteiger partial charge in [-0.3, -0.25) is 4.79 Å². The van der Waals surface area contributed by atoms with Gasteiger partial charge in [0.25, 0.3) is 0 Å². The fourth-order valence-corrected chi connectivity index (χ4v) is 2.60. The van der Waals surface area contributed by atoms with Crippen molar-refractivity contribution in [2.24, 2.45) is 17.6 Å². The Balaban J connectivity index is 0.00000324. The molecule has 3 unspecified atom stereocenters. The quantitative estimate of drug-likeness (QED) is 0.845. The summed E-state index contributed by atoms with van der Waals surface area (Å²) in [6, 6.07) is 0.403. The minimum Gasteiger partial charge on any atom is -0.339 e. The van der Waals surface area contributed by atoms with Crippen molar-refractivity contribution in [3.05, 3.63) is 0 Å². The smallest absolute Gasteiger partial charge is 0.227 e. The molecule has 0 aromatic rings. The van der Waals surface area contributed by atoms with E-state index in [1.165, 1.54) is 19.3 Å². The Morgan fingerprint density at radius 2 is 1.89 bits per heavy atom. The second-order valence-corrected chi connectivity index (χ2v) is 6.30. The van der Waals surface area contributed by atoms with Crippen LogP contribution in [0.15, 0.2) is 0 Å². The molecule has 2 N–H and O–H groups in total. The van der Waals surface area contributed by atoms with Gasteiger partial charge in [0.05, 0.1) is 5.92 Å². The molecule has 1 fully saturated rings. The fraction of sp³-hybridized carbons (Fsp3) is 0.933. The number of halogens is 1. The molecular weight excluding hydrogens is 260 g/mol. The molecule has 4 heteroatoms. The van der Waals surface area contributed by atoms with E-state index in [4.69, 9.17) is 5.73 Å². The van der Waals surface area contributed by atoms with Crippen LogP contribution in [-0.2, 0) is 4.79 Å². The van der Waals surface area contributed by atoms with Crippen molar-refractivity contribution in [2.75, 3.05) is 6.54 Å². The third kappa shape index (κ3) is 5.70. The standard InChI is InChI=1S/C15H30N2O.ClH/c1-11(2)8-9-14-7-5-6-10-17(14)15(18)12(3)13(4)16;/h11-14H,5-10,16H2,1-4H3;1H. The zero-order valence-corrected chi connectivity index (χ0v) is 13.7. The van der Waals surface area contributed by atoms with Crippen LogP contribution in [0.25, 0.3) is 0 Å². The number of likely N-dealkylation sites (tertiary alicyclic amines) is 1. The van der Waals surface area contributed by atoms with Crippen LogP contribution < -0.4 is 5.73 Å². The highest BCUT2D eigenvalue weighted by molar-refractivity contribution is 5.85. The van der Waals surface area contributed by atoms with Gasteiger partial charge in [-0.15, -0.1) is 12.4 Å². The van der Waals surface area contributed by atoms with E-state index >= 15 is 0 Å². The van der Waals surface area contributed by atoms with E-state index in [1.807, 2.05) is 13.8 Å². The third-order valence-corrected chi connectivity index (χ3v) is 4.17. The summed E-state index contributed by atoms with van der Waals surface area (Å²) in [5, 5.41) is 0. The van der Waals surface area contributed by atoms with Crippen molar-refractivity contribution >= 4 is 18.3 Å². The highest BCUT2D eigenvalue weighted by Gasteiger charge is 2.30. The second kappa shape index (κ2) is 8.80. The molecule has 0 spiro atoms. The zero-order chi connectivity index (χ0) is 13.7. The van der Waals surface area contributed by atoms with Crippen LogP contribution in [0.2, 0.25) is 0 Å². The highest BCUT2D eigenvalue weighted by Crippen LogP contribution is 2.24. The SMILES string of the molecule is CC(C)CCC1CCCCN1C(=O)C(C)C(C)N.Cl. The molecule has 3 atom stereocenters. The van der Waals surface area contributed by atoms with Gasteiger partial charge in [-0.1, -0.05) is 20.8 Å². The Kier molecular flexibility index (Phi) is 8.67. The second-order valence-electron chi connectivity index (χ2n) is 6.30. The number of nitrogens with two attached hydrogens (primary N) is 1. The average molecular weight is 291 g/mol. The largest absolute Gasteiger partial charge is 0.339 e. The van der Waals surface area contributed by atoms with Crippen LogP contribution in [0.4, 0.5) is 0 Å². The van der Waals surface area contributed by atoms with Crippen LogP contribution >= 0.6 is 12.4 Å². The van der Waals surface area contributed by atoms with E-state index < -0.39 is 0 Å². The van der Waals surface area contributed by atoms with Crippen molar-refractivity contribution in [2.45, 2.75) is 71.9 Å². The number of carbonyl (C=O) groups is 1. The van der Waals surface area contributed by atoms with E-state index in [0.29, 0.717) is 6.04 Å². The lowest BCUT2D eigenvalue weighted by molar-refractivity contribution is -0.139. The van der Waals surface area contributed by atoms with Gasteiger partial charge in [0, 0.05) is 18.6 Å². The Hall–Kier alpha value is -0.280. The molecule has 0 bridgehead atoms. The normalized spacial score (nSPS) is 22.8. The number of carbonyl (C=O) groups excluding carboxylic acids is 1. The van der Waals surface area contributed by atoms with Crippen LogP contribution in [0.3, 0.4) is 0 Å². The van der Waals surface area contributed by atoms with Gasteiger partial charge in [-0.05, 0) is 44.9 Å². The summed E-state index contributed by atoms with van der Waals surface area (Å²) < 4.78 is 0. The Morgan fingerprint density at radius 1 is 1.26 bits per heavy atom. The molecule has 114 valence electrons. The van der Waals surface area contributed by atoms with Crippen molar-refractivity contribution in [1.29, 1.82) is 0 Å². The molecule has 1 rings (SSSR count). The van der Waals surface area contributed by atoms with E-state index in [0.717, 1.165) is 25.3 Å². The molecule has 0 aliphatic carbocycles. The van der Waals surface area contributed by atoms with Gasteiger partial charge in [0.2, 0.25) is 5.91 Å².